The molecule has 0 spiro atoms. The van der Waals surface area contributed by atoms with Crippen LogP contribution >= 0.6 is 0 Å². The van der Waals surface area contributed by atoms with Gasteiger partial charge in [0, 0.05) is 5.56 Å². The standard InChI is InChI=1S/C13H10O.C5H12N2O2.C2H4O3.H3N/c14-10-11-6-8-13(9-7-11)12-4-2-1-3-5-12;6-3-1-2-4(7)5(8)9;3-1-2(4)5;/h1-10H;4H,1-3,6-7H2,(H,8,9);3H,1H2,(H,4,5);1H3/t;4-;;/m.0../s1. The van der Waals surface area contributed by atoms with Crippen molar-refractivity contribution < 1.29 is 29.7 Å². The zero-order valence-corrected chi connectivity index (χ0v) is 16.1. The Bertz CT molecular complexity index is 708. The number of nitrogens with two attached hydrogens (primary N) is 2. The molecule has 1 atom stereocenters. The Balaban J connectivity index is 0. The van der Waals surface area contributed by atoms with E-state index in [9.17, 15) is 9.59 Å². The number of aldehydes is 1. The van der Waals surface area contributed by atoms with Crippen LogP contribution in [0.3, 0.4) is 0 Å². The average Bonchev–Trinajstić information content (AvgIpc) is 2.73. The first kappa shape index (κ1) is 28.1. The van der Waals surface area contributed by atoms with E-state index in [-0.39, 0.29) is 6.15 Å². The second-order valence-electron chi connectivity index (χ2n) is 5.53. The Morgan fingerprint density at radius 3 is 1.83 bits per heavy atom. The molecular weight excluding hydrogens is 378 g/mol. The number of benzene rings is 2. The Morgan fingerprint density at radius 2 is 1.45 bits per heavy atom. The summed E-state index contributed by atoms with van der Waals surface area (Å²) in [5.41, 5.74) is 13.3. The van der Waals surface area contributed by atoms with Crippen LogP contribution in [0, 0.1) is 0 Å². The van der Waals surface area contributed by atoms with E-state index in [1.807, 2.05) is 42.5 Å². The fraction of sp³-hybridized carbons (Fsp3) is 0.250. The molecule has 2 aromatic carbocycles. The normalized spacial score (nSPS) is 10.0. The second-order valence-corrected chi connectivity index (χ2v) is 5.53. The second kappa shape index (κ2) is 17.0. The Morgan fingerprint density at radius 1 is 0.966 bits per heavy atom. The van der Waals surface area contributed by atoms with Gasteiger partial charge >= 0.3 is 11.9 Å². The van der Waals surface area contributed by atoms with Crippen LogP contribution in [0.2, 0.25) is 0 Å². The SMILES string of the molecule is N.NCCC[C@H](N)C(=O)O.O=C(O)CO.O=Cc1ccc(-c2ccccc2)cc1. The van der Waals surface area contributed by atoms with Gasteiger partial charge < -0.3 is 32.9 Å². The lowest BCUT2D eigenvalue weighted by Crippen LogP contribution is -2.30. The van der Waals surface area contributed by atoms with Crippen molar-refractivity contribution in [2.24, 2.45) is 11.5 Å². The monoisotopic (exact) mass is 407 g/mol. The van der Waals surface area contributed by atoms with Crippen LogP contribution in [-0.2, 0) is 9.59 Å². The lowest BCUT2D eigenvalue weighted by atomic mass is 10.0. The van der Waals surface area contributed by atoms with Crippen molar-refractivity contribution in [3.8, 4) is 11.1 Å². The maximum Gasteiger partial charge on any atom is 0.329 e. The van der Waals surface area contributed by atoms with Crippen LogP contribution in [0.4, 0.5) is 0 Å². The molecule has 2 rings (SSSR count). The summed E-state index contributed by atoms with van der Waals surface area (Å²) in [6.07, 6.45) is 1.99. The maximum atomic E-state index is 10.5. The van der Waals surface area contributed by atoms with Crippen LogP contribution in [-0.4, -0.2) is 52.7 Å². The third-order valence-electron chi connectivity index (χ3n) is 3.33. The van der Waals surface area contributed by atoms with Gasteiger partial charge in [0.2, 0.25) is 0 Å². The van der Waals surface area contributed by atoms with Crippen molar-refractivity contribution in [1.82, 2.24) is 6.15 Å². The molecule has 0 saturated carbocycles. The molecule has 0 saturated heterocycles. The predicted molar refractivity (Wildman–Crippen MR) is 111 cm³/mol. The Kier molecular flexibility index (Phi) is 16.5. The molecule has 0 bridgehead atoms. The van der Waals surface area contributed by atoms with Gasteiger partial charge in [-0.2, -0.15) is 0 Å². The van der Waals surface area contributed by atoms with Crippen LogP contribution in [0.5, 0.6) is 0 Å². The topological polar surface area (TPSA) is 199 Å². The molecule has 10 N–H and O–H groups in total. The molecule has 0 aliphatic heterocycles. The highest BCUT2D eigenvalue weighted by Crippen LogP contribution is 2.18. The summed E-state index contributed by atoms with van der Waals surface area (Å²) in [5.74, 6) is -2.14. The zero-order valence-electron chi connectivity index (χ0n) is 16.1. The molecule has 0 aromatic heterocycles. The van der Waals surface area contributed by atoms with Gasteiger partial charge in [0.1, 0.15) is 18.9 Å². The fourth-order valence-corrected chi connectivity index (χ4v) is 1.85. The van der Waals surface area contributed by atoms with Crippen molar-refractivity contribution in [2.45, 2.75) is 18.9 Å². The molecule has 0 aliphatic rings. The molecule has 9 heteroatoms. The Hall–Kier alpha value is -3.11. The van der Waals surface area contributed by atoms with E-state index in [0.717, 1.165) is 11.8 Å². The average molecular weight is 407 g/mol. The first-order valence-electron chi connectivity index (χ1n) is 8.47. The summed E-state index contributed by atoms with van der Waals surface area (Å²) in [7, 11) is 0. The molecule has 0 heterocycles. The van der Waals surface area contributed by atoms with E-state index in [1.165, 1.54) is 5.56 Å². The highest BCUT2D eigenvalue weighted by molar-refractivity contribution is 5.76. The van der Waals surface area contributed by atoms with Crippen molar-refractivity contribution >= 4 is 18.2 Å². The lowest BCUT2D eigenvalue weighted by molar-refractivity contribution is -0.140. The van der Waals surface area contributed by atoms with Gasteiger partial charge in [-0.15, -0.1) is 0 Å². The number of carbonyl (C=O) groups excluding carboxylic acids is 1. The van der Waals surface area contributed by atoms with Crippen LogP contribution in [0.1, 0.15) is 23.2 Å². The van der Waals surface area contributed by atoms with E-state index in [4.69, 9.17) is 31.6 Å². The highest BCUT2D eigenvalue weighted by atomic mass is 16.4. The molecule has 9 nitrogen and oxygen atoms in total. The van der Waals surface area contributed by atoms with Gasteiger partial charge in [-0.05, 0) is 30.5 Å². The number of carbonyl (C=O) groups is 3. The number of rotatable bonds is 7. The van der Waals surface area contributed by atoms with E-state index < -0.39 is 24.6 Å². The number of hydrogen-bond acceptors (Lipinski definition) is 7. The minimum atomic E-state index is -1.19. The molecule has 2 aromatic rings. The summed E-state index contributed by atoms with van der Waals surface area (Å²) in [6, 6.07) is 16.9. The van der Waals surface area contributed by atoms with Crippen molar-refractivity contribution in [2.75, 3.05) is 13.2 Å². The molecule has 160 valence electrons. The van der Waals surface area contributed by atoms with Crippen LogP contribution < -0.4 is 17.6 Å². The molecule has 0 unspecified atom stereocenters. The van der Waals surface area contributed by atoms with Crippen molar-refractivity contribution in [3.05, 3.63) is 60.2 Å². The quantitative estimate of drug-likeness (QED) is 0.368. The van der Waals surface area contributed by atoms with E-state index in [0.29, 0.717) is 24.9 Å². The van der Waals surface area contributed by atoms with Gasteiger partial charge in [0.25, 0.3) is 0 Å². The van der Waals surface area contributed by atoms with Gasteiger partial charge in [-0.1, -0.05) is 54.6 Å². The molecule has 29 heavy (non-hydrogen) atoms. The predicted octanol–water partition coefficient (Wildman–Crippen LogP) is 1.53. The zero-order chi connectivity index (χ0) is 21.4. The Labute approximate surface area is 169 Å². The first-order chi connectivity index (χ1) is 13.3. The molecule has 0 amide bonds. The number of carboxylic acids is 2. The highest BCUT2D eigenvalue weighted by Gasteiger charge is 2.08. The third-order valence-corrected chi connectivity index (χ3v) is 3.33. The smallest absolute Gasteiger partial charge is 0.329 e. The van der Waals surface area contributed by atoms with E-state index in [2.05, 4.69) is 12.1 Å². The molecule has 0 aliphatic carbocycles. The van der Waals surface area contributed by atoms with Crippen molar-refractivity contribution in [1.29, 1.82) is 0 Å². The first-order valence-corrected chi connectivity index (χ1v) is 8.47. The summed E-state index contributed by atoms with van der Waals surface area (Å²) in [6.45, 7) is -0.277. The molecular formula is C20H29N3O6. The van der Waals surface area contributed by atoms with Gasteiger partial charge in [-0.25, -0.2) is 4.79 Å². The minimum Gasteiger partial charge on any atom is -0.480 e. The summed E-state index contributed by atoms with van der Waals surface area (Å²) in [5, 5.41) is 23.3. The summed E-state index contributed by atoms with van der Waals surface area (Å²) >= 11 is 0. The number of hydrogen-bond donors (Lipinski definition) is 6. The minimum absolute atomic E-state index is 0. The summed E-state index contributed by atoms with van der Waals surface area (Å²) in [4.78, 5) is 29.6. The van der Waals surface area contributed by atoms with Crippen LogP contribution in [0.25, 0.3) is 11.1 Å². The van der Waals surface area contributed by atoms with Gasteiger partial charge in [0.05, 0.1) is 0 Å². The molecule has 0 radical (unpaired) electrons. The number of aliphatic hydroxyl groups excluding tert-OH is 1. The number of carboxylic acid groups (broad SMARTS) is 2. The maximum absolute atomic E-state index is 10.5. The van der Waals surface area contributed by atoms with E-state index in [1.54, 1.807) is 0 Å². The van der Waals surface area contributed by atoms with E-state index >= 15 is 0 Å². The van der Waals surface area contributed by atoms with Gasteiger partial charge in [-0.3, -0.25) is 9.59 Å². The fourth-order valence-electron chi connectivity index (χ4n) is 1.85. The number of aliphatic carboxylic acids is 2. The number of aliphatic hydroxyl groups is 1. The lowest BCUT2D eigenvalue weighted by Gasteiger charge is -2.02. The van der Waals surface area contributed by atoms with Crippen LogP contribution in [0.15, 0.2) is 54.6 Å². The van der Waals surface area contributed by atoms with Crippen molar-refractivity contribution in [3.63, 3.8) is 0 Å². The molecule has 0 fully saturated rings. The summed E-state index contributed by atoms with van der Waals surface area (Å²) < 4.78 is 0. The largest absolute Gasteiger partial charge is 0.480 e. The third kappa shape index (κ3) is 13.7. The van der Waals surface area contributed by atoms with Gasteiger partial charge in [0.15, 0.2) is 0 Å².